The average Bonchev–Trinajstić information content (AvgIpc) is 3.02. The molecule has 0 spiro atoms. The number of carboxylic acid groups (broad SMARTS) is 1. The zero-order valence-corrected chi connectivity index (χ0v) is 13.1. The predicted octanol–water partition coefficient (Wildman–Crippen LogP) is 2.65. The molecule has 1 aromatic carbocycles. The largest absolute Gasteiger partial charge is 0.497 e. The Kier molecular flexibility index (Phi) is 5.41. The number of carbonyl (C=O) groups excluding carboxylic acids is 1. The Bertz CT molecular complexity index is 526. The number of methoxy groups -OCH3 is 1. The molecule has 22 heavy (non-hydrogen) atoms. The van der Waals surface area contributed by atoms with E-state index < -0.39 is 12.0 Å². The summed E-state index contributed by atoms with van der Waals surface area (Å²) in [6.45, 7) is 2.59. The van der Waals surface area contributed by atoms with Crippen molar-refractivity contribution in [2.75, 3.05) is 13.7 Å². The molecule has 0 saturated carbocycles. The Balaban J connectivity index is 2.05. The number of carbonyl (C=O) groups is 2. The van der Waals surface area contributed by atoms with E-state index in [0.29, 0.717) is 19.4 Å². The molecule has 1 fully saturated rings. The summed E-state index contributed by atoms with van der Waals surface area (Å²) in [6, 6.07) is 7.06. The van der Waals surface area contributed by atoms with Crippen molar-refractivity contribution in [2.24, 2.45) is 0 Å². The summed E-state index contributed by atoms with van der Waals surface area (Å²) in [5.74, 6) is -0.0696. The molecule has 1 heterocycles. The predicted molar refractivity (Wildman–Crippen MR) is 83.0 cm³/mol. The molecule has 0 radical (unpaired) electrons. The standard InChI is InChI=1S/C17H23NO4/c1-3-12(13-6-8-14(22-2)9-7-13)11-16(19)18-10-4-5-15(18)17(20)21/h6-9,12,15H,3-5,10-11H2,1-2H3,(H,20,21). The van der Waals surface area contributed by atoms with Crippen molar-refractivity contribution < 1.29 is 19.4 Å². The smallest absolute Gasteiger partial charge is 0.326 e. The molecule has 0 aliphatic carbocycles. The van der Waals surface area contributed by atoms with E-state index in [2.05, 4.69) is 0 Å². The highest BCUT2D eigenvalue weighted by Gasteiger charge is 2.34. The van der Waals surface area contributed by atoms with Crippen molar-refractivity contribution in [3.63, 3.8) is 0 Å². The van der Waals surface area contributed by atoms with Crippen LogP contribution >= 0.6 is 0 Å². The van der Waals surface area contributed by atoms with Crippen LogP contribution in [-0.4, -0.2) is 41.6 Å². The van der Waals surface area contributed by atoms with Gasteiger partial charge in [0.1, 0.15) is 11.8 Å². The second kappa shape index (κ2) is 7.29. The molecule has 2 atom stereocenters. The third-order valence-corrected chi connectivity index (χ3v) is 4.36. The van der Waals surface area contributed by atoms with E-state index in [1.807, 2.05) is 31.2 Å². The zero-order valence-electron chi connectivity index (χ0n) is 13.1. The fraction of sp³-hybridized carbons (Fsp3) is 0.529. The van der Waals surface area contributed by atoms with Gasteiger partial charge < -0.3 is 14.7 Å². The second-order valence-corrected chi connectivity index (χ2v) is 5.67. The van der Waals surface area contributed by atoms with E-state index in [1.54, 1.807) is 7.11 Å². The lowest BCUT2D eigenvalue weighted by atomic mass is 9.92. The Morgan fingerprint density at radius 2 is 2.05 bits per heavy atom. The third kappa shape index (κ3) is 3.59. The van der Waals surface area contributed by atoms with Gasteiger partial charge in [0.25, 0.3) is 0 Å². The van der Waals surface area contributed by atoms with Gasteiger partial charge in [0.05, 0.1) is 7.11 Å². The topological polar surface area (TPSA) is 66.8 Å². The number of carboxylic acids is 1. The quantitative estimate of drug-likeness (QED) is 0.877. The first-order valence-electron chi connectivity index (χ1n) is 7.73. The molecule has 1 aliphatic heterocycles. The van der Waals surface area contributed by atoms with Gasteiger partial charge in [-0.1, -0.05) is 19.1 Å². The molecular weight excluding hydrogens is 282 g/mol. The lowest BCUT2D eigenvalue weighted by Gasteiger charge is -2.24. The van der Waals surface area contributed by atoms with Gasteiger partial charge in [-0.2, -0.15) is 0 Å². The molecule has 2 unspecified atom stereocenters. The molecule has 5 nitrogen and oxygen atoms in total. The maximum atomic E-state index is 12.5. The van der Waals surface area contributed by atoms with Gasteiger partial charge in [-0.25, -0.2) is 4.79 Å². The van der Waals surface area contributed by atoms with E-state index in [9.17, 15) is 14.7 Å². The number of nitrogens with zero attached hydrogens (tertiary/aromatic N) is 1. The van der Waals surface area contributed by atoms with Gasteiger partial charge in [0.15, 0.2) is 0 Å². The first-order valence-corrected chi connectivity index (χ1v) is 7.73. The van der Waals surface area contributed by atoms with Crippen molar-refractivity contribution in [1.29, 1.82) is 0 Å². The van der Waals surface area contributed by atoms with Gasteiger partial charge in [-0.3, -0.25) is 4.79 Å². The molecule has 1 aliphatic rings. The lowest BCUT2D eigenvalue weighted by molar-refractivity contribution is -0.148. The summed E-state index contributed by atoms with van der Waals surface area (Å²) < 4.78 is 5.14. The summed E-state index contributed by atoms with van der Waals surface area (Å²) in [7, 11) is 1.62. The first kappa shape index (κ1) is 16.3. The minimum Gasteiger partial charge on any atom is -0.497 e. The maximum Gasteiger partial charge on any atom is 0.326 e. The van der Waals surface area contributed by atoms with Gasteiger partial charge in [-0.15, -0.1) is 0 Å². The van der Waals surface area contributed by atoms with Crippen LogP contribution in [0.3, 0.4) is 0 Å². The van der Waals surface area contributed by atoms with Crippen LogP contribution in [-0.2, 0) is 9.59 Å². The molecule has 0 bridgehead atoms. The van der Waals surface area contributed by atoms with Gasteiger partial charge in [0.2, 0.25) is 5.91 Å². The Morgan fingerprint density at radius 3 is 2.59 bits per heavy atom. The van der Waals surface area contributed by atoms with E-state index in [0.717, 1.165) is 24.2 Å². The fourth-order valence-corrected chi connectivity index (χ4v) is 3.02. The van der Waals surface area contributed by atoms with Crippen LogP contribution in [0.25, 0.3) is 0 Å². The van der Waals surface area contributed by atoms with E-state index >= 15 is 0 Å². The molecule has 120 valence electrons. The molecule has 1 amide bonds. The monoisotopic (exact) mass is 305 g/mol. The summed E-state index contributed by atoms with van der Waals surface area (Å²) >= 11 is 0. The van der Waals surface area contributed by atoms with Crippen molar-refractivity contribution in [2.45, 2.75) is 44.6 Å². The first-order chi connectivity index (χ1) is 10.6. The van der Waals surface area contributed by atoms with Crippen LogP contribution in [0.4, 0.5) is 0 Å². The number of ether oxygens (including phenoxy) is 1. The molecule has 2 rings (SSSR count). The van der Waals surface area contributed by atoms with Crippen LogP contribution in [0.2, 0.25) is 0 Å². The van der Waals surface area contributed by atoms with Crippen LogP contribution in [0, 0.1) is 0 Å². The highest BCUT2D eigenvalue weighted by Crippen LogP contribution is 2.28. The molecule has 1 N–H and O–H groups in total. The molecule has 0 aromatic heterocycles. The van der Waals surface area contributed by atoms with E-state index in [1.165, 1.54) is 4.90 Å². The van der Waals surface area contributed by atoms with Crippen LogP contribution in [0.1, 0.15) is 44.1 Å². The van der Waals surface area contributed by atoms with Crippen molar-refractivity contribution >= 4 is 11.9 Å². The lowest BCUT2D eigenvalue weighted by Crippen LogP contribution is -2.40. The minimum absolute atomic E-state index is 0.0624. The van der Waals surface area contributed by atoms with E-state index in [-0.39, 0.29) is 11.8 Å². The average molecular weight is 305 g/mol. The SMILES string of the molecule is CCC(CC(=O)N1CCCC1C(=O)O)c1ccc(OC)cc1. The van der Waals surface area contributed by atoms with Crippen molar-refractivity contribution in [1.82, 2.24) is 4.90 Å². The fourth-order valence-electron chi connectivity index (χ4n) is 3.02. The van der Waals surface area contributed by atoms with Crippen LogP contribution in [0.5, 0.6) is 5.75 Å². The minimum atomic E-state index is -0.900. The van der Waals surface area contributed by atoms with Gasteiger partial charge in [-0.05, 0) is 42.9 Å². The highest BCUT2D eigenvalue weighted by molar-refractivity contribution is 5.84. The number of benzene rings is 1. The Morgan fingerprint density at radius 1 is 1.36 bits per heavy atom. The summed E-state index contributed by atoms with van der Waals surface area (Å²) in [4.78, 5) is 25.2. The molecule has 1 saturated heterocycles. The molecule has 1 aromatic rings. The van der Waals surface area contributed by atoms with Crippen molar-refractivity contribution in [3.05, 3.63) is 29.8 Å². The zero-order chi connectivity index (χ0) is 16.1. The highest BCUT2D eigenvalue weighted by atomic mass is 16.5. The number of aliphatic carboxylic acids is 1. The summed E-state index contributed by atoms with van der Waals surface area (Å²) in [5.41, 5.74) is 1.09. The van der Waals surface area contributed by atoms with Crippen LogP contribution in [0.15, 0.2) is 24.3 Å². The molecular formula is C17H23NO4. The van der Waals surface area contributed by atoms with Crippen molar-refractivity contribution in [3.8, 4) is 5.75 Å². The maximum absolute atomic E-state index is 12.5. The Labute approximate surface area is 130 Å². The number of hydrogen-bond acceptors (Lipinski definition) is 3. The second-order valence-electron chi connectivity index (χ2n) is 5.67. The van der Waals surface area contributed by atoms with Gasteiger partial charge in [0, 0.05) is 13.0 Å². The Hall–Kier alpha value is -2.04. The number of amides is 1. The number of likely N-dealkylation sites (tertiary alicyclic amines) is 1. The van der Waals surface area contributed by atoms with Crippen LogP contribution < -0.4 is 4.74 Å². The summed E-state index contributed by atoms with van der Waals surface area (Å²) in [5, 5.41) is 9.19. The number of rotatable bonds is 6. The normalized spacial score (nSPS) is 19.0. The molecule has 5 heteroatoms. The number of hydrogen-bond donors (Lipinski definition) is 1. The van der Waals surface area contributed by atoms with E-state index in [4.69, 9.17) is 4.74 Å². The third-order valence-electron chi connectivity index (χ3n) is 4.36. The summed E-state index contributed by atoms with van der Waals surface area (Å²) in [6.07, 6.45) is 2.51. The van der Waals surface area contributed by atoms with Gasteiger partial charge >= 0.3 is 5.97 Å².